The van der Waals surface area contributed by atoms with E-state index in [-0.39, 0.29) is 0 Å². The molecule has 0 saturated carbocycles. The van der Waals surface area contributed by atoms with E-state index in [2.05, 4.69) is 246 Å². The van der Waals surface area contributed by atoms with Gasteiger partial charge in [0.15, 0.2) is 5.58 Å². The number of fused-ring (bicyclic) bond motifs is 6. The Morgan fingerprint density at radius 3 is 1.60 bits per heavy atom. The lowest BCUT2D eigenvalue weighted by Gasteiger charge is -2.28. The number of para-hydroxylation sites is 6. The van der Waals surface area contributed by atoms with Crippen molar-refractivity contribution in [2.75, 3.05) is 4.90 Å². The Bertz CT molecular complexity index is 3560. The van der Waals surface area contributed by atoms with E-state index in [0.29, 0.717) is 0 Å². The molecule has 0 unspecified atom stereocenters. The molecule has 296 valence electrons. The van der Waals surface area contributed by atoms with E-state index < -0.39 is 0 Å². The fourth-order valence-electron chi connectivity index (χ4n) is 9.47. The molecule has 12 aromatic rings. The first-order chi connectivity index (χ1) is 31.3. The third-order valence-corrected chi connectivity index (χ3v) is 12.4. The van der Waals surface area contributed by atoms with Crippen molar-refractivity contribution >= 4 is 60.8 Å². The van der Waals surface area contributed by atoms with E-state index in [1.807, 2.05) is 6.07 Å². The minimum atomic E-state index is 0.853. The molecule has 12 rings (SSSR count). The Hall–Kier alpha value is -8.40. The van der Waals surface area contributed by atoms with Crippen LogP contribution in [0.4, 0.5) is 17.1 Å². The van der Waals surface area contributed by atoms with Crippen LogP contribution in [0.15, 0.2) is 247 Å². The lowest BCUT2D eigenvalue weighted by molar-refractivity contribution is 0.669. The lowest BCUT2D eigenvalue weighted by atomic mass is 9.97. The minimum Gasteiger partial charge on any atom is -0.454 e. The summed E-state index contributed by atoms with van der Waals surface area (Å²) in [5.74, 6) is 0. The number of hydrogen-bond donors (Lipinski definition) is 0. The zero-order valence-electron chi connectivity index (χ0n) is 34.4. The standard InChI is InChI=1S/C60H40N2O/c1-2-16-41(17-3-1)42-32-34-44(35-33-42)48-20-4-9-26-54(48)61(58-30-15-25-53-52-24-8-13-31-59(52)63-60(53)58)47-38-36-43(37-39-47)45-18-14-19-46(40-45)49-21-5-10-27-55(49)62-56-28-11-6-22-50(56)51-23-7-12-29-57(51)62/h1-40H. The molecule has 0 amide bonds. The Labute approximate surface area is 366 Å². The summed E-state index contributed by atoms with van der Waals surface area (Å²) in [6, 6.07) is 87.0. The summed E-state index contributed by atoms with van der Waals surface area (Å²) in [6.07, 6.45) is 0. The van der Waals surface area contributed by atoms with Crippen molar-refractivity contribution in [1.82, 2.24) is 4.57 Å². The summed E-state index contributed by atoms with van der Waals surface area (Å²) in [5, 5.41) is 4.71. The van der Waals surface area contributed by atoms with Gasteiger partial charge >= 0.3 is 0 Å². The summed E-state index contributed by atoms with van der Waals surface area (Å²) in [7, 11) is 0. The van der Waals surface area contributed by atoms with Gasteiger partial charge < -0.3 is 13.9 Å². The van der Waals surface area contributed by atoms with Crippen LogP contribution in [0.25, 0.3) is 93.9 Å². The van der Waals surface area contributed by atoms with E-state index in [1.54, 1.807) is 0 Å². The average Bonchev–Trinajstić information content (AvgIpc) is 3.91. The topological polar surface area (TPSA) is 21.3 Å². The van der Waals surface area contributed by atoms with Crippen molar-refractivity contribution in [2.45, 2.75) is 0 Å². The van der Waals surface area contributed by atoms with Crippen LogP contribution in [0.2, 0.25) is 0 Å². The molecule has 0 bridgehead atoms. The van der Waals surface area contributed by atoms with Crippen LogP contribution < -0.4 is 4.90 Å². The molecule has 0 aliphatic rings. The molecule has 63 heavy (non-hydrogen) atoms. The maximum atomic E-state index is 6.71. The van der Waals surface area contributed by atoms with Crippen LogP contribution in [-0.4, -0.2) is 4.57 Å². The number of benzene rings is 10. The first-order valence-electron chi connectivity index (χ1n) is 21.5. The summed E-state index contributed by atoms with van der Waals surface area (Å²) in [6.45, 7) is 0. The fraction of sp³-hybridized carbons (Fsp3) is 0. The quantitative estimate of drug-likeness (QED) is 0.153. The average molecular weight is 805 g/mol. The van der Waals surface area contributed by atoms with Crippen molar-refractivity contribution in [1.29, 1.82) is 0 Å². The molecule has 2 aromatic heterocycles. The van der Waals surface area contributed by atoms with Gasteiger partial charge in [0.2, 0.25) is 0 Å². The van der Waals surface area contributed by atoms with Gasteiger partial charge in [-0.05, 0) is 88.0 Å². The van der Waals surface area contributed by atoms with E-state index in [0.717, 1.165) is 66.9 Å². The number of furan rings is 1. The molecular formula is C60H40N2O. The molecular weight excluding hydrogens is 765 g/mol. The smallest absolute Gasteiger partial charge is 0.159 e. The number of rotatable bonds is 8. The number of nitrogens with zero attached hydrogens (tertiary/aromatic N) is 2. The van der Waals surface area contributed by atoms with Gasteiger partial charge in [-0.2, -0.15) is 0 Å². The first kappa shape index (κ1) is 36.5. The highest BCUT2D eigenvalue weighted by Crippen LogP contribution is 2.46. The Kier molecular flexibility index (Phi) is 8.83. The van der Waals surface area contributed by atoms with Crippen molar-refractivity contribution in [2.24, 2.45) is 0 Å². The monoisotopic (exact) mass is 804 g/mol. The molecule has 0 N–H and O–H groups in total. The van der Waals surface area contributed by atoms with Crippen LogP contribution in [0, 0.1) is 0 Å². The van der Waals surface area contributed by atoms with Gasteiger partial charge in [0.25, 0.3) is 0 Å². The minimum absolute atomic E-state index is 0.853. The zero-order valence-corrected chi connectivity index (χ0v) is 34.4. The highest BCUT2D eigenvalue weighted by molar-refractivity contribution is 6.11. The number of anilines is 3. The van der Waals surface area contributed by atoms with E-state index >= 15 is 0 Å². The molecule has 3 heteroatoms. The Morgan fingerprint density at radius 1 is 0.317 bits per heavy atom. The predicted molar refractivity (Wildman–Crippen MR) is 264 cm³/mol. The first-order valence-corrected chi connectivity index (χ1v) is 21.5. The molecule has 0 aliphatic heterocycles. The third-order valence-electron chi connectivity index (χ3n) is 12.4. The third kappa shape index (κ3) is 6.29. The van der Waals surface area contributed by atoms with Gasteiger partial charge in [0.1, 0.15) is 5.58 Å². The van der Waals surface area contributed by atoms with Crippen LogP contribution in [0.3, 0.4) is 0 Å². The summed E-state index contributed by atoms with van der Waals surface area (Å²) in [4.78, 5) is 2.35. The molecule has 0 fully saturated rings. The molecule has 10 aromatic carbocycles. The molecule has 0 aliphatic carbocycles. The van der Waals surface area contributed by atoms with Crippen molar-refractivity contribution < 1.29 is 4.42 Å². The maximum absolute atomic E-state index is 6.71. The Morgan fingerprint density at radius 2 is 0.825 bits per heavy atom. The fourth-order valence-corrected chi connectivity index (χ4v) is 9.47. The van der Waals surface area contributed by atoms with Crippen LogP contribution >= 0.6 is 0 Å². The van der Waals surface area contributed by atoms with Crippen molar-refractivity contribution in [3.63, 3.8) is 0 Å². The van der Waals surface area contributed by atoms with Crippen LogP contribution in [0.1, 0.15) is 0 Å². The number of aromatic nitrogens is 1. The molecule has 3 nitrogen and oxygen atoms in total. The van der Waals surface area contributed by atoms with E-state index in [4.69, 9.17) is 4.42 Å². The second kappa shape index (κ2) is 15.3. The van der Waals surface area contributed by atoms with Crippen LogP contribution in [0.5, 0.6) is 0 Å². The van der Waals surface area contributed by atoms with E-state index in [1.165, 1.54) is 44.1 Å². The molecule has 0 spiro atoms. The van der Waals surface area contributed by atoms with Crippen molar-refractivity contribution in [3.05, 3.63) is 243 Å². The van der Waals surface area contributed by atoms with Gasteiger partial charge in [-0.1, -0.05) is 188 Å². The summed E-state index contributed by atoms with van der Waals surface area (Å²) in [5.41, 5.74) is 17.7. The summed E-state index contributed by atoms with van der Waals surface area (Å²) >= 11 is 0. The molecule has 0 atom stereocenters. The lowest BCUT2D eigenvalue weighted by Crippen LogP contribution is -2.11. The van der Waals surface area contributed by atoms with Gasteiger partial charge in [-0.25, -0.2) is 0 Å². The van der Waals surface area contributed by atoms with Crippen molar-refractivity contribution in [3.8, 4) is 50.2 Å². The summed E-state index contributed by atoms with van der Waals surface area (Å²) < 4.78 is 9.12. The molecule has 2 heterocycles. The Balaban J connectivity index is 0.967. The second-order valence-corrected chi connectivity index (χ2v) is 16.1. The highest BCUT2D eigenvalue weighted by Gasteiger charge is 2.22. The second-order valence-electron chi connectivity index (χ2n) is 16.1. The zero-order chi connectivity index (χ0) is 41.7. The van der Waals surface area contributed by atoms with Gasteiger partial charge in [0.05, 0.1) is 28.1 Å². The normalized spacial score (nSPS) is 11.5. The number of hydrogen-bond acceptors (Lipinski definition) is 2. The molecule has 0 radical (unpaired) electrons. The SMILES string of the molecule is c1ccc(-c2ccc(-c3ccccc3N(c3ccc(-c4cccc(-c5ccccc5-n5c6ccccc6c6ccccc65)c4)cc3)c3cccc4c3oc3ccccc34)cc2)cc1. The molecule has 0 saturated heterocycles. The highest BCUT2D eigenvalue weighted by atomic mass is 16.3. The van der Waals surface area contributed by atoms with Gasteiger partial charge in [-0.15, -0.1) is 0 Å². The largest absolute Gasteiger partial charge is 0.454 e. The van der Waals surface area contributed by atoms with Gasteiger partial charge in [-0.3, -0.25) is 0 Å². The van der Waals surface area contributed by atoms with Crippen LogP contribution in [-0.2, 0) is 0 Å². The maximum Gasteiger partial charge on any atom is 0.159 e. The van der Waals surface area contributed by atoms with E-state index in [9.17, 15) is 0 Å². The van der Waals surface area contributed by atoms with Gasteiger partial charge in [0, 0.05) is 38.4 Å². The predicted octanol–water partition coefficient (Wildman–Crippen LogP) is 16.8.